The van der Waals surface area contributed by atoms with Gasteiger partial charge in [-0.1, -0.05) is 0 Å². The van der Waals surface area contributed by atoms with E-state index in [2.05, 4.69) is 10.6 Å². The molecule has 0 aliphatic carbocycles. The van der Waals surface area contributed by atoms with Crippen LogP contribution in [0.15, 0.2) is 0 Å². The number of carboxylic acid groups (broad SMARTS) is 3. The number of amides is 4. The summed E-state index contributed by atoms with van der Waals surface area (Å²) in [6.45, 7) is 1.26. The zero-order valence-electron chi connectivity index (χ0n) is 20.1. The molecule has 0 aromatic carbocycles. The quantitative estimate of drug-likeness (QED) is 0.0777. The third kappa shape index (κ3) is 13.8. The van der Waals surface area contributed by atoms with Crippen LogP contribution in [-0.4, -0.2) is 105 Å². The van der Waals surface area contributed by atoms with Gasteiger partial charge >= 0.3 is 17.9 Å². The number of thioether (sulfide) groups is 1. The number of rotatable bonds is 18. The van der Waals surface area contributed by atoms with Crippen LogP contribution in [-0.2, 0) is 38.4 Å². The molecule has 0 aromatic heterocycles. The first-order chi connectivity index (χ1) is 17.2. The second-order valence-corrected chi connectivity index (χ2v) is 8.78. The average Bonchev–Trinajstić information content (AvgIpc) is 2.78. The number of hydrogen-bond acceptors (Lipinski definition) is 10. The van der Waals surface area contributed by atoms with Crippen LogP contribution in [0.4, 0.5) is 0 Å². The highest BCUT2D eigenvalue weighted by atomic mass is 32.2. The molecular weight excluding hydrogens is 518 g/mol. The molecule has 0 aliphatic heterocycles. The molecule has 0 heterocycles. The van der Waals surface area contributed by atoms with Crippen molar-refractivity contribution in [2.75, 3.05) is 12.0 Å². The molecular formula is C20H31N5O11S. The van der Waals surface area contributed by atoms with Crippen molar-refractivity contribution in [3.05, 3.63) is 0 Å². The number of aldehydes is 1. The molecule has 16 nitrogen and oxygen atoms in total. The minimum atomic E-state index is -1.89. The summed E-state index contributed by atoms with van der Waals surface area (Å²) in [5, 5.41) is 35.6. The van der Waals surface area contributed by atoms with E-state index >= 15 is 0 Å². The number of carbonyl (C=O) groups is 8. The molecule has 0 saturated carbocycles. The predicted molar refractivity (Wildman–Crippen MR) is 127 cm³/mol. The van der Waals surface area contributed by atoms with Gasteiger partial charge in [-0.15, -0.1) is 0 Å². The van der Waals surface area contributed by atoms with E-state index in [1.807, 2.05) is 10.6 Å². The molecule has 0 saturated heterocycles. The highest BCUT2D eigenvalue weighted by Crippen LogP contribution is 2.04. The lowest BCUT2D eigenvalue weighted by molar-refractivity contribution is -0.144. The van der Waals surface area contributed by atoms with Gasteiger partial charge in [0.15, 0.2) is 0 Å². The number of hydrogen-bond donors (Lipinski definition) is 8. The van der Waals surface area contributed by atoms with Crippen LogP contribution >= 0.6 is 11.8 Å². The number of nitrogens with two attached hydrogens (primary N) is 1. The third-order valence-corrected chi connectivity index (χ3v) is 5.22. The lowest BCUT2D eigenvalue weighted by atomic mass is 10.1. The molecule has 0 unspecified atom stereocenters. The second kappa shape index (κ2) is 16.9. The van der Waals surface area contributed by atoms with Crippen molar-refractivity contribution in [3.8, 4) is 0 Å². The third-order valence-electron chi connectivity index (χ3n) is 4.57. The van der Waals surface area contributed by atoms with E-state index in [-0.39, 0.29) is 6.42 Å². The van der Waals surface area contributed by atoms with Crippen LogP contribution in [0.1, 0.15) is 32.6 Å². The van der Waals surface area contributed by atoms with Crippen LogP contribution in [0.3, 0.4) is 0 Å². The number of aliphatic carboxylic acids is 3. The van der Waals surface area contributed by atoms with E-state index in [0.717, 1.165) is 0 Å². The van der Waals surface area contributed by atoms with E-state index in [9.17, 15) is 38.4 Å². The van der Waals surface area contributed by atoms with E-state index in [1.54, 1.807) is 6.26 Å². The average molecular weight is 550 g/mol. The highest BCUT2D eigenvalue weighted by molar-refractivity contribution is 7.98. The van der Waals surface area contributed by atoms with Crippen LogP contribution < -0.4 is 27.0 Å². The maximum atomic E-state index is 12.8. The number of nitrogens with one attached hydrogen (secondary N) is 4. The summed E-state index contributed by atoms with van der Waals surface area (Å²) in [5.74, 6) is -8.56. The fourth-order valence-corrected chi connectivity index (χ4v) is 3.19. The minimum absolute atomic E-state index is 0.222. The topological polar surface area (TPSA) is 271 Å². The Bertz CT molecular complexity index is 883. The molecule has 5 atom stereocenters. The summed E-state index contributed by atoms with van der Waals surface area (Å²) in [4.78, 5) is 94.5. The second-order valence-electron chi connectivity index (χ2n) is 7.80. The van der Waals surface area contributed by atoms with Gasteiger partial charge in [0.25, 0.3) is 0 Å². The monoisotopic (exact) mass is 549 g/mol. The zero-order valence-corrected chi connectivity index (χ0v) is 20.9. The van der Waals surface area contributed by atoms with Crippen molar-refractivity contribution in [3.63, 3.8) is 0 Å². The maximum absolute atomic E-state index is 12.8. The Morgan fingerprint density at radius 3 is 1.38 bits per heavy atom. The van der Waals surface area contributed by atoms with Crippen LogP contribution in [0.25, 0.3) is 0 Å². The van der Waals surface area contributed by atoms with Crippen LogP contribution in [0.5, 0.6) is 0 Å². The van der Waals surface area contributed by atoms with E-state index in [0.29, 0.717) is 12.0 Å². The van der Waals surface area contributed by atoms with Gasteiger partial charge in [-0.25, -0.2) is 0 Å². The minimum Gasteiger partial charge on any atom is -0.481 e. The number of carboxylic acids is 3. The molecule has 208 valence electrons. The van der Waals surface area contributed by atoms with Gasteiger partial charge in [-0.05, 0) is 25.4 Å². The first kappa shape index (κ1) is 33.3. The molecule has 0 spiro atoms. The molecule has 0 rings (SSSR count). The Morgan fingerprint density at radius 2 is 1.08 bits per heavy atom. The van der Waals surface area contributed by atoms with Crippen LogP contribution in [0, 0.1) is 0 Å². The Balaban J connectivity index is 5.74. The van der Waals surface area contributed by atoms with Gasteiger partial charge in [-0.2, -0.15) is 11.8 Å². The van der Waals surface area contributed by atoms with Gasteiger partial charge in [0.2, 0.25) is 23.6 Å². The molecule has 0 bridgehead atoms. The zero-order chi connectivity index (χ0) is 28.7. The van der Waals surface area contributed by atoms with Crippen molar-refractivity contribution in [1.82, 2.24) is 21.3 Å². The largest absolute Gasteiger partial charge is 0.481 e. The first-order valence-corrected chi connectivity index (χ1v) is 12.2. The molecule has 0 aliphatic rings. The van der Waals surface area contributed by atoms with Gasteiger partial charge < -0.3 is 47.1 Å². The molecule has 4 amide bonds. The molecule has 0 radical (unpaired) electrons. The van der Waals surface area contributed by atoms with E-state index in [1.165, 1.54) is 18.7 Å². The summed E-state index contributed by atoms with van der Waals surface area (Å²) < 4.78 is 0. The molecule has 37 heavy (non-hydrogen) atoms. The highest BCUT2D eigenvalue weighted by Gasteiger charge is 2.33. The summed E-state index contributed by atoms with van der Waals surface area (Å²) in [6.07, 6.45) is -0.494. The lowest BCUT2D eigenvalue weighted by Crippen LogP contribution is -2.59. The predicted octanol–water partition coefficient (Wildman–Crippen LogP) is -3.35. The fraction of sp³-hybridized carbons (Fsp3) is 0.600. The normalized spacial score (nSPS) is 14.6. The molecule has 0 fully saturated rings. The van der Waals surface area contributed by atoms with Crippen molar-refractivity contribution in [2.45, 2.75) is 62.8 Å². The van der Waals surface area contributed by atoms with Crippen molar-refractivity contribution < 1.29 is 53.7 Å². The molecule has 0 aromatic rings. The van der Waals surface area contributed by atoms with Crippen molar-refractivity contribution in [2.24, 2.45) is 5.73 Å². The summed E-state index contributed by atoms with van der Waals surface area (Å²) in [7, 11) is 0. The SMILES string of the molecule is CSCC[C@@H](C=O)NC(=O)[C@H](CC(=O)O)NC(=O)[C@H](CC(=O)O)NC(=O)[C@H](CC(=O)O)NC(=O)[C@H](C)N. The Hall–Kier alpha value is -3.73. The summed E-state index contributed by atoms with van der Waals surface area (Å²) in [5.41, 5.74) is 5.38. The fourth-order valence-electron chi connectivity index (χ4n) is 2.70. The molecule has 9 N–H and O–H groups in total. The lowest BCUT2D eigenvalue weighted by Gasteiger charge is -2.24. The van der Waals surface area contributed by atoms with Crippen molar-refractivity contribution >= 4 is 59.6 Å². The smallest absolute Gasteiger partial charge is 0.305 e. The Labute approximate surface area is 215 Å². The summed E-state index contributed by atoms with van der Waals surface area (Å²) >= 11 is 1.39. The van der Waals surface area contributed by atoms with E-state index in [4.69, 9.17) is 21.1 Å². The van der Waals surface area contributed by atoms with Crippen molar-refractivity contribution in [1.29, 1.82) is 0 Å². The van der Waals surface area contributed by atoms with Gasteiger partial charge in [-0.3, -0.25) is 33.6 Å². The van der Waals surface area contributed by atoms with Gasteiger partial charge in [0, 0.05) is 0 Å². The van der Waals surface area contributed by atoms with Gasteiger partial charge in [0.1, 0.15) is 24.4 Å². The van der Waals surface area contributed by atoms with Crippen LogP contribution in [0.2, 0.25) is 0 Å². The first-order valence-electron chi connectivity index (χ1n) is 10.8. The number of carbonyl (C=O) groups excluding carboxylic acids is 5. The summed E-state index contributed by atoms with van der Waals surface area (Å²) in [6, 6.07) is -7.47. The van der Waals surface area contributed by atoms with Gasteiger partial charge in [0.05, 0.1) is 31.3 Å². The van der Waals surface area contributed by atoms with E-state index < -0.39 is 91.0 Å². The Kier molecular flexibility index (Phi) is 15.2. The Morgan fingerprint density at radius 1 is 0.730 bits per heavy atom. The standard InChI is InChI=1S/C20H31N5O11S/c1-9(21)17(33)23-12(6-15(29)30)19(35)25-13(7-16(31)32)20(36)24-11(5-14(27)28)18(34)22-10(8-26)3-4-37-2/h8-13H,3-7,21H2,1-2H3,(H,22,34)(H,23,33)(H,24,36)(H,25,35)(H,27,28)(H,29,30)(H,31,32)/t9-,10-,11-,12-,13-/m0/s1. The maximum Gasteiger partial charge on any atom is 0.305 e. The molecule has 17 heteroatoms.